The van der Waals surface area contributed by atoms with Gasteiger partial charge < -0.3 is 21.1 Å². The normalized spacial score (nSPS) is 11.0. The highest BCUT2D eigenvalue weighted by Gasteiger charge is 2.08. The number of benzene rings is 1. The Balaban J connectivity index is 2.46. The maximum absolute atomic E-state index is 11.0. The lowest BCUT2D eigenvalue weighted by Gasteiger charge is -2.20. The molecule has 0 aromatic heterocycles. The summed E-state index contributed by atoms with van der Waals surface area (Å²) in [6.07, 6.45) is 1.00. The van der Waals surface area contributed by atoms with Crippen molar-refractivity contribution >= 4 is 17.3 Å². The van der Waals surface area contributed by atoms with Crippen LogP contribution >= 0.6 is 0 Å². The van der Waals surface area contributed by atoms with Crippen LogP contribution in [-0.4, -0.2) is 42.2 Å². The van der Waals surface area contributed by atoms with Crippen molar-refractivity contribution in [1.82, 2.24) is 4.90 Å². The van der Waals surface area contributed by atoms with Gasteiger partial charge in [-0.25, -0.2) is 4.79 Å². The molecule has 0 saturated carbocycles. The zero-order chi connectivity index (χ0) is 14.4. The second-order valence-electron chi connectivity index (χ2n) is 4.96. The predicted molar refractivity (Wildman–Crippen MR) is 78.7 cm³/mol. The fourth-order valence-electron chi connectivity index (χ4n) is 1.67. The summed E-state index contributed by atoms with van der Waals surface area (Å²) in [5.41, 5.74) is 6.83. The van der Waals surface area contributed by atoms with E-state index in [1.165, 1.54) is 0 Å². The monoisotopic (exact) mass is 265 g/mol. The quantitative estimate of drug-likeness (QED) is 0.520. The Labute approximate surface area is 114 Å². The number of nitrogens with zero attached hydrogens (tertiary/aromatic N) is 1. The molecule has 0 fully saturated rings. The number of hydrogen-bond acceptors (Lipinski definition) is 4. The smallest absolute Gasteiger partial charge is 0.337 e. The fourth-order valence-corrected chi connectivity index (χ4v) is 1.67. The fraction of sp³-hybridized carbons (Fsp3) is 0.500. The number of rotatable bonds is 7. The molecule has 5 nitrogen and oxygen atoms in total. The second-order valence-corrected chi connectivity index (χ2v) is 4.96. The summed E-state index contributed by atoms with van der Waals surface area (Å²) in [5, 5.41) is 12.2. The van der Waals surface area contributed by atoms with Gasteiger partial charge in [-0.15, -0.1) is 0 Å². The first kappa shape index (κ1) is 15.3. The van der Waals surface area contributed by atoms with Gasteiger partial charge in [-0.1, -0.05) is 0 Å². The summed E-state index contributed by atoms with van der Waals surface area (Å²) >= 11 is 0. The highest BCUT2D eigenvalue weighted by molar-refractivity contribution is 5.94. The van der Waals surface area contributed by atoms with Gasteiger partial charge in [-0.05, 0) is 52.1 Å². The molecule has 0 radical (unpaired) electrons. The summed E-state index contributed by atoms with van der Waals surface area (Å²) in [5.74, 6) is -0.999. The number of nitrogen functional groups attached to an aromatic ring is 1. The van der Waals surface area contributed by atoms with E-state index < -0.39 is 5.97 Å². The van der Waals surface area contributed by atoms with Crippen LogP contribution in [0.1, 0.15) is 30.6 Å². The van der Waals surface area contributed by atoms with Crippen LogP contribution in [0.15, 0.2) is 18.2 Å². The predicted octanol–water partition coefficient (Wildman–Crippen LogP) is 2.11. The van der Waals surface area contributed by atoms with Crippen LogP contribution in [0.5, 0.6) is 0 Å². The van der Waals surface area contributed by atoms with Gasteiger partial charge in [0.05, 0.1) is 5.56 Å². The van der Waals surface area contributed by atoms with Crippen LogP contribution in [0.25, 0.3) is 0 Å². The summed E-state index contributed by atoms with van der Waals surface area (Å²) in [6.45, 7) is 6.13. The molecular formula is C14H23N3O2. The van der Waals surface area contributed by atoms with Gasteiger partial charge in [-0.3, -0.25) is 0 Å². The topological polar surface area (TPSA) is 78.6 Å². The molecule has 0 atom stereocenters. The number of nitrogens with two attached hydrogens (primary N) is 1. The van der Waals surface area contributed by atoms with E-state index in [1.54, 1.807) is 18.2 Å². The minimum Gasteiger partial charge on any atom is -0.478 e. The Morgan fingerprint density at radius 3 is 2.74 bits per heavy atom. The van der Waals surface area contributed by atoms with Gasteiger partial charge in [-0.2, -0.15) is 0 Å². The van der Waals surface area contributed by atoms with Crippen molar-refractivity contribution < 1.29 is 9.90 Å². The van der Waals surface area contributed by atoms with Crippen molar-refractivity contribution in [3.8, 4) is 0 Å². The molecule has 1 rings (SSSR count). The molecule has 0 saturated heterocycles. The van der Waals surface area contributed by atoms with Crippen molar-refractivity contribution in [3.05, 3.63) is 23.8 Å². The van der Waals surface area contributed by atoms with Gasteiger partial charge in [0.25, 0.3) is 0 Å². The molecule has 0 aliphatic heterocycles. The minimum atomic E-state index is -0.999. The maximum Gasteiger partial charge on any atom is 0.337 e. The number of aromatic carboxylic acids is 1. The largest absolute Gasteiger partial charge is 0.478 e. The zero-order valence-corrected chi connectivity index (χ0v) is 11.8. The van der Waals surface area contributed by atoms with Crippen molar-refractivity contribution in [1.29, 1.82) is 0 Å². The van der Waals surface area contributed by atoms with Gasteiger partial charge in [0, 0.05) is 24.0 Å². The SMILES string of the molecule is CC(C)N(C)CCCNc1ccc(N)c(C(=O)O)c1. The van der Waals surface area contributed by atoms with E-state index >= 15 is 0 Å². The molecule has 4 N–H and O–H groups in total. The van der Waals surface area contributed by atoms with Gasteiger partial charge in [0.1, 0.15) is 0 Å². The van der Waals surface area contributed by atoms with Crippen LogP contribution in [0, 0.1) is 0 Å². The third-order valence-electron chi connectivity index (χ3n) is 3.18. The number of carboxylic acid groups (broad SMARTS) is 1. The third-order valence-corrected chi connectivity index (χ3v) is 3.18. The first-order valence-corrected chi connectivity index (χ1v) is 6.48. The summed E-state index contributed by atoms with van der Waals surface area (Å²) in [6, 6.07) is 5.53. The minimum absolute atomic E-state index is 0.143. The third kappa shape index (κ3) is 4.79. The lowest BCUT2D eigenvalue weighted by atomic mass is 10.1. The Bertz CT molecular complexity index is 433. The van der Waals surface area contributed by atoms with Crippen molar-refractivity contribution in [2.24, 2.45) is 0 Å². The average Bonchev–Trinajstić information content (AvgIpc) is 2.35. The number of hydrogen-bond donors (Lipinski definition) is 3. The first-order valence-electron chi connectivity index (χ1n) is 6.48. The van der Waals surface area contributed by atoms with Crippen molar-refractivity contribution in [3.63, 3.8) is 0 Å². The zero-order valence-electron chi connectivity index (χ0n) is 11.8. The molecule has 1 aromatic carbocycles. The Kier molecular flexibility index (Phi) is 5.63. The second kappa shape index (κ2) is 6.99. The number of anilines is 2. The Morgan fingerprint density at radius 2 is 2.16 bits per heavy atom. The van der Waals surface area contributed by atoms with E-state index in [0.717, 1.165) is 25.2 Å². The first-order chi connectivity index (χ1) is 8.91. The van der Waals surface area contributed by atoms with E-state index in [1.807, 2.05) is 0 Å². The van der Waals surface area contributed by atoms with Crippen LogP contribution in [0.2, 0.25) is 0 Å². The summed E-state index contributed by atoms with van der Waals surface area (Å²) in [7, 11) is 2.09. The molecule has 0 spiro atoms. The van der Waals surface area contributed by atoms with E-state index in [2.05, 4.69) is 31.1 Å². The molecule has 106 valence electrons. The Hall–Kier alpha value is -1.75. The standard InChI is InChI=1S/C14H23N3O2/c1-10(2)17(3)8-4-7-16-11-5-6-13(15)12(9-11)14(18)19/h5-6,9-10,16H,4,7-8,15H2,1-3H3,(H,18,19). The van der Waals surface area contributed by atoms with Gasteiger partial charge >= 0.3 is 5.97 Å². The summed E-state index contributed by atoms with van der Waals surface area (Å²) in [4.78, 5) is 13.2. The molecule has 0 bridgehead atoms. The van der Waals surface area contributed by atoms with E-state index in [4.69, 9.17) is 10.8 Å². The molecule has 0 aliphatic carbocycles. The van der Waals surface area contributed by atoms with Crippen LogP contribution in [0.4, 0.5) is 11.4 Å². The summed E-state index contributed by atoms with van der Waals surface area (Å²) < 4.78 is 0. The highest BCUT2D eigenvalue weighted by Crippen LogP contribution is 2.17. The molecular weight excluding hydrogens is 242 g/mol. The molecule has 0 aliphatic rings. The molecule has 0 amide bonds. The number of carbonyl (C=O) groups is 1. The van der Waals surface area contributed by atoms with Crippen molar-refractivity contribution in [2.75, 3.05) is 31.2 Å². The highest BCUT2D eigenvalue weighted by atomic mass is 16.4. The average molecular weight is 265 g/mol. The van der Waals surface area contributed by atoms with Crippen LogP contribution in [0.3, 0.4) is 0 Å². The van der Waals surface area contributed by atoms with Crippen LogP contribution in [-0.2, 0) is 0 Å². The van der Waals surface area contributed by atoms with Crippen LogP contribution < -0.4 is 11.1 Å². The van der Waals surface area contributed by atoms with E-state index in [-0.39, 0.29) is 11.3 Å². The molecule has 0 unspecified atom stereocenters. The lowest BCUT2D eigenvalue weighted by molar-refractivity contribution is 0.0698. The lowest BCUT2D eigenvalue weighted by Crippen LogP contribution is -2.28. The number of nitrogens with one attached hydrogen (secondary N) is 1. The molecule has 5 heteroatoms. The molecule has 0 heterocycles. The number of carboxylic acids is 1. The van der Waals surface area contributed by atoms with E-state index in [9.17, 15) is 4.79 Å². The molecule has 19 heavy (non-hydrogen) atoms. The van der Waals surface area contributed by atoms with Gasteiger partial charge in [0.2, 0.25) is 0 Å². The van der Waals surface area contributed by atoms with Crippen molar-refractivity contribution in [2.45, 2.75) is 26.3 Å². The van der Waals surface area contributed by atoms with Gasteiger partial charge in [0.15, 0.2) is 0 Å². The Morgan fingerprint density at radius 1 is 1.47 bits per heavy atom. The van der Waals surface area contributed by atoms with E-state index in [0.29, 0.717) is 6.04 Å². The molecule has 1 aromatic rings. The maximum atomic E-state index is 11.0.